The first-order chi connectivity index (χ1) is 14.6. The summed E-state index contributed by atoms with van der Waals surface area (Å²) in [5.41, 5.74) is 1.51. The van der Waals surface area contributed by atoms with E-state index < -0.39 is 13.4 Å². The van der Waals surface area contributed by atoms with Crippen LogP contribution in [0.25, 0.3) is 0 Å². The number of methoxy groups -OCH3 is 2. The van der Waals surface area contributed by atoms with Crippen molar-refractivity contribution in [2.45, 2.75) is 45.3 Å². The van der Waals surface area contributed by atoms with Crippen molar-refractivity contribution in [3.8, 4) is 11.5 Å². The van der Waals surface area contributed by atoms with Crippen molar-refractivity contribution in [2.24, 2.45) is 0 Å². The van der Waals surface area contributed by atoms with E-state index in [-0.39, 0.29) is 0 Å². The summed E-state index contributed by atoms with van der Waals surface area (Å²) in [5.74, 6) is 0.485. The van der Waals surface area contributed by atoms with Crippen LogP contribution in [0.2, 0.25) is 0 Å². The van der Waals surface area contributed by atoms with E-state index in [4.69, 9.17) is 18.5 Å². The maximum atomic E-state index is 14.1. The minimum absolute atomic E-state index is 0.366. The van der Waals surface area contributed by atoms with Gasteiger partial charge in [0, 0.05) is 17.3 Å². The molecule has 1 N–H and O–H groups in total. The van der Waals surface area contributed by atoms with Crippen LogP contribution in [-0.2, 0) is 13.6 Å². The summed E-state index contributed by atoms with van der Waals surface area (Å²) < 4.78 is 36.9. The van der Waals surface area contributed by atoms with Crippen molar-refractivity contribution in [3.05, 3.63) is 54.1 Å². The normalized spacial score (nSPS) is 12.4. The average molecular weight is 436 g/mol. The zero-order valence-corrected chi connectivity index (χ0v) is 19.3. The van der Waals surface area contributed by atoms with Crippen LogP contribution in [-0.4, -0.2) is 27.4 Å². The van der Waals surface area contributed by atoms with Gasteiger partial charge >= 0.3 is 7.60 Å². The molecule has 2 aromatic rings. The zero-order chi connectivity index (χ0) is 21.8. The number of unbranched alkanes of at least 4 members (excludes halogenated alkanes) is 2. The second kappa shape index (κ2) is 12.6. The predicted octanol–water partition coefficient (Wildman–Crippen LogP) is 6.64. The summed E-state index contributed by atoms with van der Waals surface area (Å²) in [6.45, 7) is 4.87. The van der Waals surface area contributed by atoms with Gasteiger partial charge in [-0.05, 0) is 37.1 Å². The summed E-state index contributed by atoms with van der Waals surface area (Å²) >= 11 is 0. The van der Waals surface area contributed by atoms with Crippen molar-refractivity contribution in [3.63, 3.8) is 0 Å². The number of rotatable bonds is 14. The summed E-state index contributed by atoms with van der Waals surface area (Å²) in [6, 6.07) is 15.1. The molecule has 6 nitrogen and oxygen atoms in total. The molecule has 1 atom stereocenters. The molecule has 2 rings (SSSR count). The number of anilines is 1. The highest BCUT2D eigenvalue weighted by atomic mass is 31.2. The van der Waals surface area contributed by atoms with Gasteiger partial charge in [-0.25, -0.2) is 0 Å². The number of ether oxygens (including phenoxy) is 2. The molecule has 0 aromatic heterocycles. The number of para-hydroxylation sites is 1. The lowest BCUT2D eigenvalue weighted by atomic mass is 10.1. The largest absolute Gasteiger partial charge is 0.497 e. The van der Waals surface area contributed by atoms with Crippen LogP contribution in [0.15, 0.2) is 48.5 Å². The number of hydrogen-bond donors (Lipinski definition) is 1. The van der Waals surface area contributed by atoms with Crippen LogP contribution < -0.4 is 14.8 Å². The number of hydrogen-bond acceptors (Lipinski definition) is 6. The molecule has 166 valence electrons. The Kier molecular flexibility index (Phi) is 10.2. The van der Waals surface area contributed by atoms with Crippen molar-refractivity contribution in [1.29, 1.82) is 0 Å². The Morgan fingerprint density at radius 1 is 0.900 bits per heavy atom. The Labute approximate surface area is 180 Å². The number of nitrogens with one attached hydrogen (secondary N) is 1. The van der Waals surface area contributed by atoms with E-state index >= 15 is 0 Å². The molecule has 0 fully saturated rings. The molecule has 0 spiro atoms. The molecule has 0 unspecified atom stereocenters. The molecule has 7 heteroatoms. The minimum Gasteiger partial charge on any atom is -0.497 e. The molecule has 0 saturated carbocycles. The SMILES string of the molecule is CCCCOP(=O)(OCCCC)[C@H](Nc1ccccc1)c1ccc(OC)cc1OC. The second-order valence-corrected chi connectivity index (χ2v) is 9.05. The van der Waals surface area contributed by atoms with Crippen LogP contribution in [0.5, 0.6) is 11.5 Å². The van der Waals surface area contributed by atoms with Gasteiger partial charge < -0.3 is 23.8 Å². The van der Waals surface area contributed by atoms with Crippen molar-refractivity contribution in [2.75, 3.05) is 32.8 Å². The van der Waals surface area contributed by atoms with Crippen LogP contribution in [0.4, 0.5) is 5.69 Å². The summed E-state index contributed by atoms with van der Waals surface area (Å²) in [5, 5.41) is 3.37. The fourth-order valence-electron chi connectivity index (χ4n) is 2.92. The van der Waals surface area contributed by atoms with Gasteiger partial charge in [0.1, 0.15) is 11.5 Å². The standard InChI is InChI=1S/C23H34NO5P/c1-5-7-16-28-30(25,29-17-8-6-2)23(24-19-12-10-9-11-13-19)21-15-14-20(26-3)18-22(21)27-4/h9-15,18,23-24H,5-8,16-17H2,1-4H3/t23-/m0/s1. The van der Waals surface area contributed by atoms with E-state index in [1.165, 1.54) is 0 Å². The van der Waals surface area contributed by atoms with Gasteiger partial charge in [-0.15, -0.1) is 0 Å². The number of benzene rings is 2. The van der Waals surface area contributed by atoms with Crippen molar-refractivity contribution < 1.29 is 23.1 Å². The van der Waals surface area contributed by atoms with E-state index in [1.54, 1.807) is 20.3 Å². The first kappa shape index (κ1) is 24.3. The molecule has 0 bridgehead atoms. The molecule has 0 amide bonds. The monoisotopic (exact) mass is 435 g/mol. The third kappa shape index (κ3) is 6.76. The van der Waals surface area contributed by atoms with Crippen LogP contribution in [0.3, 0.4) is 0 Å². The fourth-order valence-corrected chi connectivity index (χ4v) is 4.92. The summed E-state index contributed by atoms with van der Waals surface area (Å²) in [7, 11) is -0.392. The summed E-state index contributed by atoms with van der Waals surface area (Å²) in [6.07, 6.45) is 3.49. The van der Waals surface area contributed by atoms with Gasteiger partial charge in [0.05, 0.1) is 27.4 Å². The molecule has 0 aliphatic heterocycles. The lowest BCUT2D eigenvalue weighted by molar-refractivity contribution is 0.194. The quantitative estimate of drug-likeness (QED) is 0.265. The molecular weight excluding hydrogens is 401 g/mol. The third-order valence-corrected chi connectivity index (χ3v) is 6.79. The molecule has 0 aliphatic carbocycles. The first-order valence-corrected chi connectivity index (χ1v) is 12.1. The highest BCUT2D eigenvalue weighted by Crippen LogP contribution is 2.62. The van der Waals surface area contributed by atoms with E-state index in [2.05, 4.69) is 19.2 Å². The first-order valence-electron chi connectivity index (χ1n) is 10.5. The molecule has 2 aromatic carbocycles. The van der Waals surface area contributed by atoms with Gasteiger partial charge in [-0.2, -0.15) is 0 Å². The van der Waals surface area contributed by atoms with E-state index in [9.17, 15) is 4.57 Å². The van der Waals surface area contributed by atoms with E-state index in [1.807, 2.05) is 42.5 Å². The minimum atomic E-state index is -3.57. The predicted molar refractivity (Wildman–Crippen MR) is 122 cm³/mol. The third-order valence-electron chi connectivity index (χ3n) is 4.67. The second-order valence-electron chi connectivity index (χ2n) is 6.93. The van der Waals surface area contributed by atoms with Crippen LogP contribution in [0.1, 0.15) is 50.9 Å². The van der Waals surface area contributed by atoms with Gasteiger partial charge in [0.2, 0.25) is 0 Å². The summed E-state index contributed by atoms with van der Waals surface area (Å²) in [4.78, 5) is 0. The maximum Gasteiger partial charge on any atom is 0.357 e. The molecule has 0 radical (unpaired) electrons. The van der Waals surface area contributed by atoms with E-state index in [0.717, 1.165) is 31.4 Å². The average Bonchev–Trinajstić information content (AvgIpc) is 2.78. The Morgan fingerprint density at radius 2 is 1.53 bits per heavy atom. The maximum absolute atomic E-state index is 14.1. The Bertz CT molecular complexity index is 785. The van der Waals surface area contributed by atoms with Crippen LogP contribution >= 0.6 is 7.60 Å². The molecule has 0 heterocycles. The molecular formula is C23H34NO5P. The zero-order valence-electron chi connectivity index (χ0n) is 18.4. The Balaban J connectivity index is 2.49. The van der Waals surface area contributed by atoms with Crippen LogP contribution in [0, 0.1) is 0 Å². The van der Waals surface area contributed by atoms with Crippen molar-refractivity contribution in [1.82, 2.24) is 0 Å². The van der Waals surface area contributed by atoms with Gasteiger partial charge in [0.15, 0.2) is 5.78 Å². The lowest BCUT2D eigenvalue weighted by Crippen LogP contribution is -2.17. The molecule has 0 saturated heterocycles. The van der Waals surface area contributed by atoms with Gasteiger partial charge in [-0.1, -0.05) is 44.9 Å². The topological polar surface area (TPSA) is 66.0 Å². The lowest BCUT2D eigenvalue weighted by Gasteiger charge is -2.30. The Morgan fingerprint density at radius 3 is 2.07 bits per heavy atom. The molecule has 30 heavy (non-hydrogen) atoms. The van der Waals surface area contributed by atoms with Gasteiger partial charge in [0.25, 0.3) is 0 Å². The highest BCUT2D eigenvalue weighted by molar-refractivity contribution is 7.54. The van der Waals surface area contributed by atoms with Gasteiger partial charge in [-0.3, -0.25) is 4.57 Å². The van der Waals surface area contributed by atoms with Crippen molar-refractivity contribution >= 4 is 13.3 Å². The van der Waals surface area contributed by atoms with E-state index in [0.29, 0.717) is 30.3 Å². The smallest absolute Gasteiger partial charge is 0.357 e. The molecule has 0 aliphatic rings. The Hall–Kier alpha value is -2.01. The fraction of sp³-hybridized carbons (Fsp3) is 0.478. The highest BCUT2D eigenvalue weighted by Gasteiger charge is 2.39.